The van der Waals surface area contributed by atoms with E-state index >= 15 is 0 Å². The summed E-state index contributed by atoms with van der Waals surface area (Å²) in [4.78, 5) is 9.71. The summed E-state index contributed by atoms with van der Waals surface area (Å²) in [5.74, 6) is 3.19. The average molecular weight is 595 g/mol. The van der Waals surface area contributed by atoms with Crippen LogP contribution < -0.4 is 0 Å². The molecule has 0 amide bonds. The van der Waals surface area contributed by atoms with Crippen molar-refractivity contribution in [2.75, 3.05) is 0 Å². The summed E-state index contributed by atoms with van der Waals surface area (Å²) in [5, 5.41) is 2.35. The maximum Gasteiger partial charge on any atom is 0.0970 e. The van der Waals surface area contributed by atoms with Crippen LogP contribution in [0.15, 0.2) is 97.3 Å². The van der Waals surface area contributed by atoms with Crippen LogP contribution >= 0.6 is 0 Å². The van der Waals surface area contributed by atoms with Gasteiger partial charge in [0.15, 0.2) is 0 Å². The molecule has 11 rings (SSSR count). The molecular formula is C44H38N2. The lowest BCUT2D eigenvalue weighted by Crippen LogP contribution is -2.55. The summed E-state index contributed by atoms with van der Waals surface area (Å²) >= 11 is 0. The first-order valence-corrected chi connectivity index (χ1v) is 17.6. The van der Waals surface area contributed by atoms with Crippen LogP contribution in [0.5, 0.6) is 0 Å². The van der Waals surface area contributed by atoms with Gasteiger partial charge in [-0.1, -0.05) is 74.9 Å². The van der Waals surface area contributed by atoms with Gasteiger partial charge in [0, 0.05) is 34.0 Å². The molecule has 0 N–H and O–H groups in total. The maximum absolute atomic E-state index is 4.92. The van der Waals surface area contributed by atoms with Crippen molar-refractivity contribution >= 4 is 21.8 Å². The van der Waals surface area contributed by atoms with Crippen LogP contribution in [0.25, 0.3) is 55.2 Å². The van der Waals surface area contributed by atoms with Gasteiger partial charge >= 0.3 is 0 Å². The zero-order valence-corrected chi connectivity index (χ0v) is 26.7. The molecule has 5 aliphatic rings. The van der Waals surface area contributed by atoms with E-state index in [2.05, 4.69) is 98.8 Å². The van der Waals surface area contributed by atoms with Crippen molar-refractivity contribution in [2.45, 2.75) is 63.2 Å². The van der Waals surface area contributed by atoms with E-state index in [0.717, 1.165) is 34.2 Å². The lowest BCUT2D eigenvalue weighted by Gasteiger charge is -2.60. The number of pyridine rings is 2. The number of nitrogens with zero attached hydrogens (tertiary/aromatic N) is 2. The smallest absolute Gasteiger partial charge is 0.0970 e. The van der Waals surface area contributed by atoms with Gasteiger partial charge in [0.2, 0.25) is 0 Å². The molecule has 2 heterocycles. The standard InChI is InChI=1S/C44H38N2/c1-43(2)35-12-4-3-9-29(35)33-23-39-34(24-38(33)43)40-30(32-22-27-8-6-18-45-41(27)42-31(32)11-7-19-46-42)10-5-13-36(40)44(39)28-17-16-26-15-14-25(20-28)21-37(26)44/h3-13,18-19,22-26,28,37H,14-17,20-21H2,1-2H3. The Morgan fingerprint density at radius 2 is 1.37 bits per heavy atom. The van der Waals surface area contributed by atoms with Gasteiger partial charge in [-0.25, -0.2) is 0 Å². The Hall–Kier alpha value is -4.30. The number of hydrogen-bond acceptors (Lipinski definition) is 2. The third-order valence-corrected chi connectivity index (χ3v) is 13.5. The predicted octanol–water partition coefficient (Wildman–Crippen LogP) is 10.9. The Balaban J connectivity index is 1.27. The van der Waals surface area contributed by atoms with Crippen molar-refractivity contribution in [3.63, 3.8) is 0 Å². The van der Waals surface area contributed by atoms with Crippen LogP contribution in [0.4, 0.5) is 0 Å². The van der Waals surface area contributed by atoms with Crippen molar-refractivity contribution in [3.8, 4) is 33.4 Å². The second-order valence-corrected chi connectivity index (χ2v) is 15.7. The van der Waals surface area contributed by atoms with Crippen LogP contribution in [0.2, 0.25) is 0 Å². The molecule has 0 aliphatic heterocycles. The highest BCUT2D eigenvalue weighted by molar-refractivity contribution is 6.12. The van der Waals surface area contributed by atoms with E-state index in [1.165, 1.54) is 88.4 Å². The van der Waals surface area contributed by atoms with E-state index in [1.807, 2.05) is 12.4 Å². The number of hydrogen-bond donors (Lipinski definition) is 0. The van der Waals surface area contributed by atoms with Crippen LogP contribution in [0.3, 0.4) is 0 Å². The van der Waals surface area contributed by atoms with Gasteiger partial charge < -0.3 is 0 Å². The molecule has 4 aromatic carbocycles. The fourth-order valence-electron chi connectivity index (χ4n) is 11.8. The van der Waals surface area contributed by atoms with E-state index in [0.29, 0.717) is 5.92 Å². The first-order valence-electron chi connectivity index (χ1n) is 17.6. The number of fused-ring (bicyclic) bond motifs is 10. The van der Waals surface area contributed by atoms with Gasteiger partial charge in [-0.2, -0.15) is 0 Å². The molecule has 46 heavy (non-hydrogen) atoms. The first kappa shape index (κ1) is 25.8. The Morgan fingerprint density at radius 1 is 0.587 bits per heavy atom. The van der Waals surface area contributed by atoms with E-state index in [9.17, 15) is 0 Å². The molecule has 5 unspecified atom stereocenters. The molecule has 2 heteroatoms. The zero-order valence-electron chi connectivity index (χ0n) is 26.7. The van der Waals surface area contributed by atoms with Gasteiger partial charge in [-0.05, 0) is 142 Å². The molecule has 3 bridgehead atoms. The average Bonchev–Trinajstić information content (AvgIpc) is 3.49. The Bertz CT molecular complexity index is 2290. The summed E-state index contributed by atoms with van der Waals surface area (Å²) in [6, 6.07) is 32.9. The van der Waals surface area contributed by atoms with Crippen LogP contribution in [0.1, 0.15) is 74.6 Å². The van der Waals surface area contributed by atoms with E-state index in [-0.39, 0.29) is 10.8 Å². The third kappa shape index (κ3) is 3.00. The first-order chi connectivity index (χ1) is 22.5. The van der Waals surface area contributed by atoms with E-state index < -0.39 is 0 Å². The lowest BCUT2D eigenvalue weighted by molar-refractivity contribution is -0.0320. The van der Waals surface area contributed by atoms with Crippen molar-refractivity contribution < 1.29 is 0 Å². The van der Waals surface area contributed by atoms with Crippen LogP contribution in [-0.4, -0.2) is 9.97 Å². The molecule has 1 spiro atoms. The highest BCUT2D eigenvalue weighted by Gasteiger charge is 2.62. The summed E-state index contributed by atoms with van der Waals surface area (Å²) in [5.41, 5.74) is 16.9. The number of benzene rings is 4. The highest BCUT2D eigenvalue weighted by atomic mass is 14.7. The summed E-state index contributed by atoms with van der Waals surface area (Å²) in [6.07, 6.45) is 12.3. The largest absolute Gasteiger partial charge is 0.254 e. The monoisotopic (exact) mass is 594 g/mol. The van der Waals surface area contributed by atoms with Crippen LogP contribution in [-0.2, 0) is 10.8 Å². The molecule has 5 aliphatic carbocycles. The van der Waals surface area contributed by atoms with Gasteiger partial charge in [0.05, 0.1) is 11.0 Å². The molecular weight excluding hydrogens is 556 g/mol. The van der Waals surface area contributed by atoms with Crippen molar-refractivity contribution in [1.82, 2.24) is 9.97 Å². The van der Waals surface area contributed by atoms with E-state index in [4.69, 9.17) is 9.97 Å². The SMILES string of the molecule is CC1(C)c2ccccc2-c2cc3c(cc21)-c1c(-c2cc4cccnc4c4ncccc24)cccc1C31C2CCC3CCC(C2)CC31. The Kier molecular flexibility index (Phi) is 4.91. The molecule has 6 aromatic rings. The van der Waals surface area contributed by atoms with Crippen molar-refractivity contribution in [1.29, 1.82) is 0 Å². The fraction of sp³-hybridized carbons (Fsp3) is 0.318. The van der Waals surface area contributed by atoms with Crippen LogP contribution in [0, 0.1) is 23.7 Å². The molecule has 5 atom stereocenters. The molecule has 0 radical (unpaired) electrons. The van der Waals surface area contributed by atoms with E-state index in [1.54, 1.807) is 11.1 Å². The second kappa shape index (κ2) is 8.73. The summed E-state index contributed by atoms with van der Waals surface area (Å²) < 4.78 is 0. The third-order valence-electron chi connectivity index (χ3n) is 13.5. The summed E-state index contributed by atoms with van der Waals surface area (Å²) in [6.45, 7) is 4.87. The molecule has 3 fully saturated rings. The molecule has 2 aromatic heterocycles. The van der Waals surface area contributed by atoms with Crippen molar-refractivity contribution in [3.05, 3.63) is 120 Å². The quantitative estimate of drug-likeness (QED) is 0.177. The minimum absolute atomic E-state index is 0.0292. The normalized spacial score (nSPS) is 27.5. The molecule has 224 valence electrons. The van der Waals surface area contributed by atoms with Crippen molar-refractivity contribution in [2.24, 2.45) is 23.7 Å². The van der Waals surface area contributed by atoms with Gasteiger partial charge in [0.25, 0.3) is 0 Å². The van der Waals surface area contributed by atoms with Gasteiger partial charge in [-0.15, -0.1) is 0 Å². The topological polar surface area (TPSA) is 25.8 Å². The molecule has 3 saturated carbocycles. The highest BCUT2D eigenvalue weighted by Crippen LogP contribution is 2.70. The predicted molar refractivity (Wildman–Crippen MR) is 188 cm³/mol. The maximum atomic E-state index is 4.92. The van der Waals surface area contributed by atoms with Gasteiger partial charge in [0.1, 0.15) is 0 Å². The Labute approximate surface area is 270 Å². The lowest BCUT2D eigenvalue weighted by atomic mass is 9.43. The minimum Gasteiger partial charge on any atom is -0.254 e. The summed E-state index contributed by atoms with van der Waals surface area (Å²) in [7, 11) is 0. The Morgan fingerprint density at radius 3 is 2.30 bits per heavy atom. The zero-order chi connectivity index (χ0) is 30.4. The van der Waals surface area contributed by atoms with Gasteiger partial charge in [-0.3, -0.25) is 9.97 Å². The molecule has 0 saturated heterocycles. The fourth-order valence-corrected chi connectivity index (χ4v) is 11.8. The molecule has 2 nitrogen and oxygen atoms in total. The second-order valence-electron chi connectivity index (χ2n) is 15.7. The minimum atomic E-state index is -0.0292. The number of rotatable bonds is 1. The number of aromatic nitrogens is 2.